The normalized spacial score (nSPS) is 11.0. The minimum Gasteiger partial charge on any atom is -0.497 e. The van der Waals surface area contributed by atoms with E-state index in [1.165, 1.54) is 49.6 Å². The molecular formula is C18H22N4O6S. The average molecular weight is 422 g/mol. The van der Waals surface area contributed by atoms with Gasteiger partial charge < -0.3 is 15.0 Å². The Bertz CT molecular complexity index is 990. The van der Waals surface area contributed by atoms with E-state index in [9.17, 15) is 23.3 Å². The van der Waals surface area contributed by atoms with Gasteiger partial charge in [0.05, 0.1) is 22.5 Å². The molecule has 0 aromatic heterocycles. The summed E-state index contributed by atoms with van der Waals surface area (Å²) in [5.41, 5.74) is 0.426. The monoisotopic (exact) mass is 422 g/mol. The lowest BCUT2D eigenvalue weighted by Crippen LogP contribution is -2.35. The van der Waals surface area contributed by atoms with Crippen molar-refractivity contribution in [3.8, 4) is 5.75 Å². The van der Waals surface area contributed by atoms with Crippen LogP contribution in [0.2, 0.25) is 0 Å². The molecule has 0 radical (unpaired) electrons. The number of nitrogens with one attached hydrogen (secondary N) is 2. The number of sulfonamides is 1. The van der Waals surface area contributed by atoms with E-state index >= 15 is 0 Å². The van der Waals surface area contributed by atoms with E-state index < -0.39 is 20.9 Å². The van der Waals surface area contributed by atoms with Gasteiger partial charge in [0.2, 0.25) is 10.0 Å². The zero-order valence-electron chi connectivity index (χ0n) is 16.2. The van der Waals surface area contributed by atoms with Gasteiger partial charge in [-0.1, -0.05) is 0 Å². The molecule has 0 spiro atoms. The van der Waals surface area contributed by atoms with Gasteiger partial charge in [0.25, 0.3) is 11.6 Å². The molecule has 0 aliphatic rings. The highest BCUT2D eigenvalue weighted by Gasteiger charge is 2.18. The third-order valence-electron chi connectivity index (χ3n) is 3.99. The van der Waals surface area contributed by atoms with Crippen molar-refractivity contribution in [1.82, 2.24) is 10.0 Å². The summed E-state index contributed by atoms with van der Waals surface area (Å²) in [6, 6.07) is 9.86. The van der Waals surface area contributed by atoms with Crippen molar-refractivity contribution >= 4 is 27.3 Å². The van der Waals surface area contributed by atoms with Crippen molar-refractivity contribution in [3.63, 3.8) is 0 Å². The fourth-order valence-electron chi connectivity index (χ4n) is 2.50. The van der Waals surface area contributed by atoms with E-state index in [0.717, 1.165) is 0 Å². The zero-order valence-corrected chi connectivity index (χ0v) is 17.0. The highest BCUT2D eigenvalue weighted by Crippen LogP contribution is 2.24. The summed E-state index contributed by atoms with van der Waals surface area (Å²) in [5, 5.41) is 13.5. The lowest BCUT2D eigenvalue weighted by Gasteiger charge is -2.17. The van der Waals surface area contributed by atoms with Crippen molar-refractivity contribution in [1.29, 1.82) is 0 Å². The number of amides is 1. The second-order valence-electron chi connectivity index (χ2n) is 6.18. The number of rotatable bonds is 9. The summed E-state index contributed by atoms with van der Waals surface area (Å²) in [4.78, 5) is 24.6. The number of hydrogen-bond donors (Lipinski definition) is 2. The first kappa shape index (κ1) is 22.1. The van der Waals surface area contributed by atoms with Gasteiger partial charge in [0.1, 0.15) is 5.75 Å². The molecule has 0 bridgehead atoms. The standard InChI is InChI=1S/C18H22N4O6S/c1-21(2)17-9-4-13(22(24)25)12-16(17)18(23)19-10-11-20-29(26,27)15-7-5-14(28-3)6-8-15/h4-9,12,20H,10-11H2,1-3H3,(H,19,23). The van der Waals surface area contributed by atoms with Crippen LogP contribution in [-0.4, -0.2) is 53.5 Å². The third kappa shape index (κ3) is 5.65. The molecule has 2 aromatic rings. The Balaban J connectivity index is 2.00. The van der Waals surface area contributed by atoms with Gasteiger partial charge in [-0.25, -0.2) is 13.1 Å². The molecule has 0 unspecified atom stereocenters. The second-order valence-corrected chi connectivity index (χ2v) is 7.95. The number of nitro groups is 1. The topological polar surface area (TPSA) is 131 Å². The molecule has 2 aromatic carbocycles. The Morgan fingerprint density at radius 3 is 2.34 bits per heavy atom. The summed E-state index contributed by atoms with van der Waals surface area (Å²) in [7, 11) is 1.16. The number of benzene rings is 2. The van der Waals surface area contributed by atoms with Crippen molar-refractivity contribution in [3.05, 3.63) is 58.1 Å². The third-order valence-corrected chi connectivity index (χ3v) is 5.47. The Hall–Kier alpha value is -3.18. The molecule has 0 heterocycles. The van der Waals surface area contributed by atoms with Crippen LogP contribution in [0.4, 0.5) is 11.4 Å². The number of nitrogens with zero attached hydrogens (tertiary/aromatic N) is 2. The number of anilines is 1. The second kappa shape index (κ2) is 9.34. The number of non-ortho nitro benzene ring substituents is 1. The van der Waals surface area contributed by atoms with E-state index in [1.807, 2.05) is 0 Å². The molecule has 2 N–H and O–H groups in total. The summed E-state index contributed by atoms with van der Waals surface area (Å²) in [5.74, 6) is -0.00842. The Kier molecular flexibility index (Phi) is 7.13. The van der Waals surface area contributed by atoms with Crippen LogP contribution in [-0.2, 0) is 10.0 Å². The molecule has 0 saturated heterocycles. The van der Waals surface area contributed by atoms with Gasteiger partial charge in [0, 0.05) is 45.0 Å². The van der Waals surface area contributed by atoms with Crippen LogP contribution in [0.3, 0.4) is 0 Å². The minimum atomic E-state index is -3.74. The van der Waals surface area contributed by atoms with Crippen molar-refractivity contribution < 1.29 is 22.9 Å². The van der Waals surface area contributed by atoms with Crippen LogP contribution in [0.5, 0.6) is 5.75 Å². The first-order chi connectivity index (χ1) is 13.7. The van der Waals surface area contributed by atoms with Crippen LogP contribution in [0.15, 0.2) is 47.4 Å². The van der Waals surface area contributed by atoms with Gasteiger partial charge in [-0.3, -0.25) is 14.9 Å². The van der Waals surface area contributed by atoms with Gasteiger partial charge in [0.15, 0.2) is 0 Å². The quantitative estimate of drug-likeness (QED) is 0.354. The van der Waals surface area contributed by atoms with Crippen LogP contribution >= 0.6 is 0 Å². The fraction of sp³-hybridized carbons (Fsp3) is 0.278. The number of methoxy groups -OCH3 is 1. The molecule has 1 amide bonds. The summed E-state index contributed by atoms with van der Waals surface area (Å²) >= 11 is 0. The van der Waals surface area contributed by atoms with Crippen molar-refractivity contribution in [2.24, 2.45) is 0 Å². The largest absolute Gasteiger partial charge is 0.497 e. The van der Waals surface area contributed by atoms with E-state index in [2.05, 4.69) is 10.0 Å². The number of carbonyl (C=O) groups excluding carboxylic acids is 1. The predicted octanol–water partition coefficient (Wildman–Crippen LogP) is 1.38. The Morgan fingerprint density at radius 1 is 1.14 bits per heavy atom. The summed E-state index contributed by atoms with van der Waals surface area (Å²) in [6.45, 7) is -0.0455. The first-order valence-corrected chi connectivity index (χ1v) is 10.0. The molecular weight excluding hydrogens is 400 g/mol. The first-order valence-electron chi connectivity index (χ1n) is 8.53. The number of ether oxygens (including phenoxy) is 1. The van der Waals surface area contributed by atoms with Crippen LogP contribution < -0.4 is 19.7 Å². The molecule has 156 valence electrons. The van der Waals surface area contributed by atoms with Gasteiger partial charge in [-0.15, -0.1) is 0 Å². The number of carbonyl (C=O) groups is 1. The van der Waals surface area contributed by atoms with E-state index in [1.54, 1.807) is 19.0 Å². The Labute approximate surface area is 168 Å². The Morgan fingerprint density at radius 2 is 1.79 bits per heavy atom. The van der Waals surface area contributed by atoms with Crippen molar-refractivity contribution in [2.75, 3.05) is 39.2 Å². The highest BCUT2D eigenvalue weighted by atomic mass is 32.2. The molecule has 10 nitrogen and oxygen atoms in total. The maximum Gasteiger partial charge on any atom is 0.270 e. The van der Waals surface area contributed by atoms with E-state index in [0.29, 0.717) is 11.4 Å². The van der Waals surface area contributed by atoms with E-state index in [4.69, 9.17) is 4.74 Å². The summed E-state index contributed by atoms with van der Waals surface area (Å²) < 4.78 is 31.9. The van der Waals surface area contributed by atoms with Crippen molar-refractivity contribution in [2.45, 2.75) is 4.90 Å². The molecule has 11 heteroatoms. The smallest absolute Gasteiger partial charge is 0.270 e. The van der Waals surface area contributed by atoms with E-state index in [-0.39, 0.29) is 29.2 Å². The van der Waals surface area contributed by atoms with Crippen LogP contribution in [0, 0.1) is 10.1 Å². The van der Waals surface area contributed by atoms with Gasteiger partial charge >= 0.3 is 0 Å². The molecule has 0 aliphatic heterocycles. The van der Waals surface area contributed by atoms with Gasteiger partial charge in [-0.2, -0.15) is 0 Å². The minimum absolute atomic E-state index is 0.00375. The van der Waals surface area contributed by atoms with Crippen LogP contribution in [0.1, 0.15) is 10.4 Å². The molecule has 2 rings (SSSR count). The van der Waals surface area contributed by atoms with Crippen LogP contribution in [0.25, 0.3) is 0 Å². The lowest BCUT2D eigenvalue weighted by atomic mass is 10.1. The molecule has 0 fully saturated rings. The van der Waals surface area contributed by atoms with Gasteiger partial charge in [-0.05, 0) is 30.3 Å². The zero-order chi connectivity index (χ0) is 21.6. The molecule has 0 atom stereocenters. The molecule has 0 aliphatic carbocycles. The SMILES string of the molecule is COc1ccc(S(=O)(=O)NCCNC(=O)c2cc([N+](=O)[O-])ccc2N(C)C)cc1. The molecule has 0 saturated carbocycles. The average Bonchev–Trinajstić information content (AvgIpc) is 2.70. The fourth-order valence-corrected chi connectivity index (χ4v) is 3.54. The maximum atomic E-state index is 12.5. The highest BCUT2D eigenvalue weighted by molar-refractivity contribution is 7.89. The number of nitro benzene ring substituents is 1. The molecule has 29 heavy (non-hydrogen) atoms. The summed E-state index contributed by atoms with van der Waals surface area (Å²) in [6.07, 6.45) is 0. The number of hydrogen-bond acceptors (Lipinski definition) is 7. The lowest BCUT2D eigenvalue weighted by molar-refractivity contribution is -0.384. The predicted molar refractivity (Wildman–Crippen MR) is 108 cm³/mol. The maximum absolute atomic E-state index is 12.5.